The second kappa shape index (κ2) is 13.0. The molecule has 4 atom stereocenters. The van der Waals surface area contributed by atoms with Crippen LogP contribution in [-0.2, 0) is 4.43 Å². The Kier molecular flexibility index (Phi) is 9.81. The van der Waals surface area contributed by atoms with E-state index in [1.807, 2.05) is 26.0 Å². The lowest BCUT2D eigenvalue weighted by atomic mass is 10.1. The second-order valence-corrected chi connectivity index (χ2v) is 20.9. The molecule has 9 heteroatoms. The van der Waals surface area contributed by atoms with Crippen molar-refractivity contribution in [3.63, 3.8) is 0 Å². The normalized spacial score (nSPS) is 22.0. The maximum absolute atomic E-state index is 9.71. The third kappa shape index (κ3) is 6.85. The maximum Gasteiger partial charge on any atom is 0.192 e. The SMILES string of the molecule is [C-]#[N+]c1cc2c(Br)cn([C@@H]3CC[C@@H](O)C3)c2cc1C.[C-]#[N+]c1cc2c(Br)cn([C@@H]3CC[C@@H](O[Si](C)(C)C(C)(C)C)C3)c2cc1C. The number of benzene rings is 2. The van der Waals surface area contributed by atoms with E-state index < -0.39 is 8.32 Å². The highest BCUT2D eigenvalue weighted by atomic mass is 79.9. The van der Waals surface area contributed by atoms with Gasteiger partial charge in [0.25, 0.3) is 0 Å². The molecule has 0 saturated heterocycles. The Morgan fingerprint density at radius 2 is 1.27 bits per heavy atom. The van der Waals surface area contributed by atoms with Gasteiger partial charge in [-0.3, -0.25) is 0 Å². The zero-order chi connectivity index (χ0) is 32.8. The van der Waals surface area contributed by atoms with E-state index in [0.29, 0.717) is 23.9 Å². The summed E-state index contributed by atoms with van der Waals surface area (Å²) in [6.45, 7) is 30.2. The molecule has 0 bridgehead atoms. The first-order chi connectivity index (χ1) is 21.1. The highest BCUT2D eigenvalue weighted by Gasteiger charge is 2.41. The van der Waals surface area contributed by atoms with Crippen molar-refractivity contribution in [2.75, 3.05) is 0 Å². The summed E-state index contributed by atoms with van der Waals surface area (Å²) in [5, 5.41) is 12.2. The van der Waals surface area contributed by atoms with Crippen LogP contribution in [0.5, 0.6) is 0 Å². The van der Waals surface area contributed by atoms with Crippen LogP contribution < -0.4 is 0 Å². The van der Waals surface area contributed by atoms with Crippen LogP contribution in [0.15, 0.2) is 45.6 Å². The fourth-order valence-corrected chi connectivity index (χ4v) is 9.07. The van der Waals surface area contributed by atoms with Gasteiger partial charge >= 0.3 is 0 Å². The molecule has 2 aliphatic carbocycles. The fraction of sp³-hybridized carbons (Fsp3) is 0.500. The highest BCUT2D eigenvalue weighted by molar-refractivity contribution is 9.11. The number of aliphatic hydroxyl groups is 1. The van der Waals surface area contributed by atoms with E-state index in [1.165, 1.54) is 5.52 Å². The topological polar surface area (TPSA) is 48.0 Å². The first-order valence-electron chi connectivity index (χ1n) is 15.9. The Morgan fingerprint density at radius 3 is 1.69 bits per heavy atom. The van der Waals surface area contributed by atoms with Crippen LogP contribution in [0.3, 0.4) is 0 Å². The van der Waals surface area contributed by atoms with Gasteiger partial charge in [-0.05, 0) is 138 Å². The van der Waals surface area contributed by atoms with E-state index >= 15 is 0 Å². The van der Waals surface area contributed by atoms with Crippen molar-refractivity contribution in [2.45, 2.75) is 116 Å². The van der Waals surface area contributed by atoms with Crippen LogP contribution in [0.2, 0.25) is 18.1 Å². The van der Waals surface area contributed by atoms with E-state index in [2.05, 4.69) is 109 Å². The van der Waals surface area contributed by atoms with Crippen molar-refractivity contribution in [3.05, 3.63) is 79.6 Å². The lowest BCUT2D eigenvalue weighted by Crippen LogP contribution is -2.43. The molecule has 4 aromatic rings. The molecule has 0 aliphatic heterocycles. The summed E-state index contributed by atoms with van der Waals surface area (Å²) in [5.41, 5.74) is 5.87. The smallest absolute Gasteiger partial charge is 0.192 e. The minimum absolute atomic E-state index is 0.176. The Hall–Kier alpha value is -2.40. The van der Waals surface area contributed by atoms with Gasteiger partial charge in [-0.25, -0.2) is 9.69 Å². The summed E-state index contributed by atoms with van der Waals surface area (Å²) < 4.78 is 13.4. The number of aliphatic hydroxyl groups excluding tert-OH is 1. The quantitative estimate of drug-likeness (QED) is 0.167. The van der Waals surface area contributed by atoms with Crippen LogP contribution in [0.1, 0.15) is 82.5 Å². The largest absolute Gasteiger partial charge is 0.414 e. The summed E-state index contributed by atoms with van der Waals surface area (Å²) in [4.78, 5) is 7.21. The van der Waals surface area contributed by atoms with E-state index in [4.69, 9.17) is 17.6 Å². The Bertz CT molecular complexity index is 1820. The molecule has 2 aromatic carbocycles. The van der Waals surface area contributed by atoms with Crippen molar-refractivity contribution < 1.29 is 9.53 Å². The van der Waals surface area contributed by atoms with Crippen molar-refractivity contribution in [1.29, 1.82) is 0 Å². The molecule has 2 saturated carbocycles. The van der Waals surface area contributed by atoms with Gasteiger partial charge in [-0.1, -0.05) is 20.8 Å². The standard InChI is InChI=1S/C21H29BrN2OSi.C15H15BrN2O/c1-14-10-20-17(12-19(14)23-5)18(22)13-24(20)15-8-9-16(11-15)25-26(6,7)21(2,3)4;1-9-5-15-12(7-14(9)17-2)13(16)8-18(15)10-3-4-11(19)6-10/h10,12-13,15-16H,8-9,11H2,1-4,6-7H3;5,7-8,10-11,19H,3-4,6H2,1H3/t15-,16-;10-,11-/m11/s1. The Labute approximate surface area is 285 Å². The van der Waals surface area contributed by atoms with Crippen molar-refractivity contribution >= 4 is 73.4 Å². The number of aryl methyl sites for hydroxylation is 2. The van der Waals surface area contributed by atoms with Gasteiger partial charge in [0.2, 0.25) is 0 Å². The summed E-state index contributed by atoms with van der Waals surface area (Å²) in [6.07, 6.45) is 10.5. The zero-order valence-corrected chi connectivity index (χ0v) is 31.6. The average Bonchev–Trinajstić information content (AvgIpc) is 3.74. The molecule has 6 nitrogen and oxygen atoms in total. The second-order valence-electron chi connectivity index (χ2n) is 14.4. The number of hydrogen-bond acceptors (Lipinski definition) is 2. The van der Waals surface area contributed by atoms with Gasteiger partial charge in [-0.15, -0.1) is 0 Å². The first kappa shape index (κ1) is 33.9. The molecule has 0 spiro atoms. The average molecular weight is 753 g/mol. The van der Waals surface area contributed by atoms with Gasteiger partial charge in [0.1, 0.15) is 0 Å². The minimum Gasteiger partial charge on any atom is -0.414 e. The molecule has 238 valence electrons. The lowest BCUT2D eigenvalue weighted by molar-refractivity contribution is 0.178. The van der Waals surface area contributed by atoms with Gasteiger partial charge in [0, 0.05) is 61.3 Å². The molecule has 0 radical (unpaired) electrons. The van der Waals surface area contributed by atoms with Gasteiger partial charge in [-0.2, -0.15) is 0 Å². The molecule has 2 aliphatic rings. The lowest BCUT2D eigenvalue weighted by Gasteiger charge is -2.38. The molecule has 6 rings (SSSR count). The van der Waals surface area contributed by atoms with Crippen LogP contribution in [0, 0.1) is 27.0 Å². The molecule has 0 amide bonds. The molecular formula is C36H44Br2N4O2Si. The number of rotatable bonds is 4. The third-order valence-electron chi connectivity index (χ3n) is 10.2. The fourth-order valence-electron chi connectivity index (χ4n) is 6.60. The number of fused-ring (bicyclic) bond motifs is 2. The number of nitrogens with zero attached hydrogens (tertiary/aromatic N) is 4. The van der Waals surface area contributed by atoms with E-state index in [1.54, 1.807) is 0 Å². The van der Waals surface area contributed by atoms with E-state index in [0.717, 1.165) is 80.6 Å². The predicted octanol–water partition coefficient (Wildman–Crippen LogP) is 11.7. The van der Waals surface area contributed by atoms with Crippen molar-refractivity contribution in [2.24, 2.45) is 0 Å². The van der Waals surface area contributed by atoms with Crippen molar-refractivity contribution in [3.8, 4) is 0 Å². The number of halogens is 2. The monoisotopic (exact) mass is 750 g/mol. The summed E-state index contributed by atoms with van der Waals surface area (Å²) in [6, 6.07) is 9.03. The minimum atomic E-state index is -1.72. The van der Waals surface area contributed by atoms with Crippen LogP contribution >= 0.6 is 31.9 Å². The third-order valence-corrected chi connectivity index (χ3v) is 16.0. The first-order valence-corrected chi connectivity index (χ1v) is 20.3. The van der Waals surface area contributed by atoms with Crippen LogP contribution in [-0.4, -0.2) is 34.8 Å². The van der Waals surface area contributed by atoms with E-state index in [-0.39, 0.29) is 11.1 Å². The van der Waals surface area contributed by atoms with Crippen LogP contribution in [0.4, 0.5) is 11.4 Å². The molecule has 2 heterocycles. The molecule has 2 fully saturated rings. The van der Waals surface area contributed by atoms with Gasteiger partial charge in [0.05, 0.1) is 19.2 Å². The van der Waals surface area contributed by atoms with E-state index in [9.17, 15) is 5.11 Å². The van der Waals surface area contributed by atoms with Gasteiger partial charge < -0.3 is 18.7 Å². The summed E-state index contributed by atoms with van der Waals surface area (Å²) in [5.74, 6) is 0. The van der Waals surface area contributed by atoms with Crippen molar-refractivity contribution in [1.82, 2.24) is 9.13 Å². The summed E-state index contributed by atoms with van der Waals surface area (Å²) >= 11 is 7.28. The summed E-state index contributed by atoms with van der Waals surface area (Å²) in [7, 11) is -1.72. The molecule has 1 N–H and O–H groups in total. The maximum atomic E-state index is 9.71. The number of hydrogen-bond donors (Lipinski definition) is 1. The zero-order valence-electron chi connectivity index (χ0n) is 27.4. The predicted molar refractivity (Wildman–Crippen MR) is 195 cm³/mol. The molecule has 0 unspecified atom stereocenters. The molecular weight excluding hydrogens is 708 g/mol. The highest BCUT2D eigenvalue weighted by Crippen LogP contribution is 2.44. The Balaban J connectivity index is 0.000000186. The van der Waals surface area contributed by atoms with Crippen LogP contribution in [0.25, 0.3) is 31.5 Å². The Morgan fingerprint density at radius 1 is 0.800 bits per heavy atom. The number of aromatic nitrogens is 2. The van der Waals surface area contributed by atoms with Gasteiger partial charge in [0.15, 0.2) is 19.7 Å². The molecule has 45 heavy (non-hydrogen) atoms. The molecule has 2 aromatic heterocycles.